The molecule has 1 amide bonds. The zero-order valence-corrected chi connectivity index (χ0v) is 24.1. The number of carbonyl (C=O) groups is 1. The minimum atomic E-state index is 0. The van der Waals surface area contributed by atoms with E-state index in [2.05, 4.69) is 34.1 Å². The van der Waals surface area contributed by atoms with E-state index in [1.807, 2.05) is 18.2 Å². The molecule has 6 rings (SSSR count). The van der Waals surface area contributed by atoms with Gasteiger partial charge in [-0.2, -0.15) is 13.5 Å². The van der Waals surface area contributed by atoms with Crippen molar-refractivity contribution in [3.05, 3.63) is 53.6 Å². The summed E-state index contributed by atoms with van der Waals surface area (Å²) in [6.45, 7) is 1.48. The third-order valence-electron chi connectivity index (χ3n) is 9.28. The van der Waals surface area contributed by atoms with Crippen LogP contribution >= 0.6 is 13.5 Å². The first-order valence-electron chi connectivity index (χ1n) is 14.9. The molecule has 6 nitrogen and oxygen atoms in total. The number of guanidine groups is 1. The predicted octanol–water partition coefficient (Wildman–Crippen LogP) is 6.80. The van der Waals surface area contributed by atoms with E-state index in [1.54, 1.807) is 0 Å². The van der Waals surface area contributed by atoms with Crippen LogP contribution in [-0.2, 0) is 17.8 Å². The summed E-state index contributed by atoms with van der Waals surface area (Å²) < 4.78 is 6.33. The van der Waals surface area contributed by atoms with E-state index in [1.165, 1.54) is 56.9 Å². The number of carbonyl (C=O) groups excluding carboxylic acids is 1. The zero-order valence-electron chi connectivity index (χ0n) is 23.1. The molecule has 5 bridgehead atoms. The Balaban J connectivity index is 0.00000308. The number of benzene rings is 2. The topological polar surface area (TPSA) is 71.2 Å². The molecule has 0 radical (unpaired) electrons. The minimum absolute atomic E-state index is 0. The lowest BCUT2D eigenvalue weighted by Gasteiger charge is -2.42. The summed E-state index contributed by atoms with van der Waals surface area (Å²) in [4.78, 5) is 23.3. The molecule has 2 aliphatic heterocycles. The van der Waals surface area contributed by atoms with Crippen molar-refractivity contribution in [1.82, 2.24) is 9.80 Å². The highest BCUT2D eigenvalue weighted by molar-refractivity contribution is 7.59. The molecule has 2 aliphatic carbocycles. The number of nitrogens with zero attached hydrogens (tertiary/aromatic N) is 3. The van der Waals surface area contributed by atoms with Gasteiger partial charge in [-0.15, -0.1) is 0 Å². The highest BCUT2D eigenvalue weighted by atomic mass is 32.1. The maximum atomic E-state index is 13.9. The van der Waals surface area contributed by atoms with Gasteiger partial charge in [0.2, 0.25) is 5.91 Å². The summed E-state index contributed by atoms with van der Waals surface area (Å²) in [5.74, 6) is 3.12. The lowest BCUT2D eigenvalue weighted by Crippen LogP contribution is -2.50. The number of rotatable bonds is 2. The van der Waals surface area contributed by atoms with Crippen LogP contribution in [0.25, 0.3) is 0 Å². The third kappa shape index (κ3) is 6.40. The second-order valence-corrected chi connectivity index (χ2v) is 11.8. The van der Waals surface area contributed by atoms with Crippen molar-refractivity contribution in [2.24, 2.45) is 16.6 Å². The molecule has 2 aromatic carbocycles. The summed E-state index contributed by atoms with van der Waals surface area (Å²) >= 11 is 0. The van der Waals surface area contributed by atoms with E-state index in [-0.39, 0.29) is 19.5 Å². The van der Waals surface area contributed by atoms with Crippen LogP contribution in [0.5, 0.6) is 11.5 Å². The van der Waals surface area contributed by atoms with Gasteiger partial charge in [0.15, 0.2) is 5.96 Å². The Morgan fingerprint density at radius 2 is 1.56 bits per heavy atom. The van der Waals surface area contributed by atoms with Crippen molar-refractivity contribution in [3.63, 3.8) is 0 Å². The van der Waals surface area contributed by atoms with E-state index in [4.69, 9.17) is 15.5 Å². The van der Waals surface area contributed by atoms with Crippen molar-refractivity contribution < 1.29 is 9.53 Å². The lowest BCUT2D eigenvalue weighted by molar-refractivity contribution is -0.134. The zero-order chi connectivity index (χ0) is 25.9. The first kappa shape index (κ1) is 27.9. The Labute approximate surface area is 240 Å². The highest BCUT2D eigenvalue weighted by Crippen LogP contribution is 2.37. The third-order valence-corrected chi connectivity index (χ3v) is 9.28. The molecule has 0 unspecified atom stereocenters. The van der Waals surface area contributed by atoms with Crippen LogP contribution in [0.3, 0.4) is 0 Å². The van der Waals surface area contributed by atoms with Gasteiger partial charge >= 0.3 is 0 Å². The second-order valence-electron chi connectivity index (χ2n) is 11.8. The molecule has 0 spiro atoms. The van der Waals surface area contributed by atoms with Gasteiger partial charge in [0.1, 0.15) is 11.5 Å². The van der Waals surface area contributed by atoms with Crippen LogP contribution in [0.1, 0.15) is 88.2 Å². The summed E-state index contributed by atoms with van der Waals surface area (Å²) in [6.07, 6.45) is 14.5. The van der Waals surface area contributed by atoms with Crippen LogP contribution in [-0.4, -0.2) is 40.3 Å². The molecular weight excluding hydrogens is 504 g/mol. The molecule has 2 heterocycles. The van der Waals surface area contributed by atoms with Crippen LogP contribution in [0.15, 0.2) is 47.5 Å². The minimum Gasteiger partial charge on any atom is -0.457 e. The maximum Gasteiger partial charge on any atom is 0.222 e. The number of fused-ring (bicyclic) bond motifs is 4. The molecule has 210 valence electrons. The van der Waals surface area contributed by atoms with Crippen LogP contribution in [0, 0.1) is 5.92 Å². The lowest BCUT2D eigenvalue weighted by atomic mass is 9.81. The first-order valence-corrected chi connectivity index (χ1v) is 14.9. The van der Waals surface area contributed by atoms with Gasteiger partial charge in [-0.3, -0.25) is 4.79 Å². The summed E-state index contributed by atoms with van der Waals surface area (Å²) in [5, 5.41) is 0. The first-order chi connectivity index (χ1) is 18.6. The van der Waals surface area contributed by atoms with E-state index in [9.17, 15) is 4.79 Å². The van der Waals surface area contributed by atoms with Crippen molar-refractivity contribution in [1.29, 1.82) is 0 Å². The number of hydrogen-bond donors (Lipinski definition) is 1. The van der Waals surface area contributed by atoms with Gasteiger partial charge in [0, 0.05) is 37.2 Å². The number of aliphatic imine (C=N–C) groups is 1. The predicted molar refractivity (Wildman–Crippen MR) is 162 cm³/mol. The van der Waals surface area contributed by atoms with E-state index in [0.717, 1.165) is 55.0 Å². The van der Waals surface area contributed by atoms with Gasteiger partial charge < -0.3 is 20.3 Å². The fraction of sp³-hybridized carbons (Fsp3) is 0.562. The van der Waals surface area contributed by atoms with E-state index < -0.39 is 0 Å². The van der Waals surface area contributed by atoms with Gasteiger partial charge in [-0.1, -0.05) is 50.7 Å². The molecular formula is C32H44N4O2S. The van der Waals surface area contributed by atoms with Crippen LogP contribution in [0.4, 0.5) is 5.69 Å². The van der Waals surface area contributed by atoms with Crippen LogP contribution < -0.4 is 10.5 Å². The SMILES string of the molecule is NC1=Nc2ccc3cc2CN1[C@H](C1CCCCC1)CCC(=O)N(C1CCCCC1)CCc1cccc(c1)O3.S. The molecule has 0 saturated heterocycles. The molecule has 2 N–H and O–H groups in total. The quantitative estimate of drug-likeness (QED) is 0.448. The summed E-state index contributed by atoms with van der Waals surface area (Å²) in [6, 6.07) is 15.1. The van der Waals surface area contributed by atoms with E-state index in [0.29, 0.717) is 36.8 Å². The Hall–Kier alpha value is -2.67. The van der Waals surface area contributed by atoms with Crippen molar-refractivity contribution in [2.45, 2.75) is 102 Å². The maximum absolute atomic E-state index is 13.9. The van der Waals surface area contributed by atoms with Crippen LogP contribution in [0.2, 0.25) is 0 Å². The molecule has 0 aromatic heterocycles. The van der Waals surface area contributed by atoms with Crippen molar-refractivity contribution >= 4 is 31.0 Å². The molecule has 4 aliphatic rings. The second kappa shape index (κ2) is 12.7. The standard InChI is InChI=1S/C32H42N4O2.H2S/c33-32-34-29-15-14-28-21-25(29)22-36(32)30(24-9-3-1-4-10-24)16-17-31(37)35(26-11-5-2-6-12-26)19-18-23-8-7-13-27(20-23)38-28;/h7-8,13-15,20-21,24,26,30H,1-6,9-12,16-19,22H2,(H2,33,34);1H2/t30-;/m0./s1. The molecule has 7 heteroatoms. The Bertz CT molecular complexity index is 1170. The molecule has 2 fully saturated rings. The Kier molecular flexibility index (Phi) is 9.06. The van der Waals surface area contributed by atoms with E-state index >= 15 is 0 Å². The fourth-order valence-corrected chi connectivity index (χ4v) is 7.23. The van der Waals surface area contributed by atoms with Gasteiger partial charge in [-0.25, -0.2) is 4.99 Å². The number of ether oxygens (including phenoxy) is 1. The average molecular weight is 549 g/mol. The Morgan fingerprint density at radius 1 is 0.821 bits per heavy atom. The number of amides is 1. The van der Waals surface area contributed by atoms with Gasteiger partial charge in [-0.05, 0) is 80.3 Å². The normalized spacial score (nSPS) is 23.1. The van der Waals surface area contributed by atoms with Gasteiger partial charge in [0.05, 0.1) is 5.69 Å². The number of nitrogens with two attached hydrogens (primary N) is 1. The summed E-state index contributed by atoms with van der Waals surface area (Å²) in [7, 11) is 0. The molecule has 1 atom stereocenters. The summed E-state index contributed by atoms with van der Waals surface area (Å²) in [5.41, 5.74) is 9.90. The Morgan fingerprint density at radius 3 is 2.36 bits per heavy atom. The van der Waals surface area contributed by atoms with Gasteiger partial charge in [0.25, 0.3) is 0 Å². The number of hydrogen-bond acceptors (Lipinski definition) is 5. The van der Waals surface area contributed by atoms with Crippen molar-refractivity contribution in [2.75, 3.05) is 6.54 Å². The average Bonchev–Trinajstić information content (AvgIpc) is 2.94. The largest absolute Gasteiger partial charge is 0.457 e. The molecule has 2 saturated carbocycles. The monoisotopic (exact) mass is 548 g/mol. The van der Waals surface area contributed by atoms with Crippen molar-refractivity contribution in [3.8, 4) is 11.5 Å². The molecule has 2 aromatic rings. The fourth-order valence-electron chi connectivity index (χ4n) is 7.23. The smallest absolute Gasteiger partial charge is 0.222 e. The molecule has 39 heavy (non-hydrogen) atoms. The highest BCUT2D eigenvalue weighted by Gasteiger charge is 2.34.